The normalized spacial score (nSPS) is 9.38. The van der Waals surface area contributed by atoms with Crippen molar-refractivity contribution in [1.82, 2.24) is 0 Å². The topological polar surface area (TPSA) is 149 Å². The zero-order chi connectivity index (χ0) is 21.5. The summed E-state index contributed by atoms with van der Waals surface area (Å²) in [6.45, 7) is 14.8. The van der Waals surface area contributed by atoms with Crippen LogP contribution in [0, 0.1) is 23.2 Å². The fraction of sp³-hybridized carbons (Fsp3) is 0.765. The van der Waals surface area contributed by atoms with Gasteiger partial charge in [0.25, 0.3) is 0 Å². The molecular weight excluding hydrogens is 398 g/mol. The number of carbonyl (C=O) groups is 4. The molecule has 0 aliphatic heterocycles. The van der Waals surface area contributed by atoms with Crippen LogP contribution in [0.4, 0.5) is 0 Å². The molecule has 0 saturated heterocycles. The van der Waals surface area contributed by atoms with E-state index in [9.17, 15) is 19.2 Å². The largest absolute Gasteiger partial charge is 1.00 e. The van der Waals surface area contributed by atoms with Crippen LogP contribution in [0.25, 0.3) is 0 Å². The van der Waals surface area contributed by atoms with Crippen LogP contribution in [0.5, 0.6) is 0 Å². The van der Waals surface area contributed by atoms with Crippen molar-refractivity contribution in [3.8, 4) is 0 Å². The average molecular weight is 433 g/mol. The van der Waals surface area contributed by atoms with Crippen LogP contribution in [-0.2, 0) is 38.7 Å². The molecule has 0 rings (SSSR count). The summed E-state index contributed by atoms with van der Waals surface area (Å²) in [7, 11) is 0. The monoisotopic (exact) mass is 431 g/mol. The van der Waals surface area contributed by atoms with E-state index in [-0.39, 0.29) is 38.7 Å². The molecule has 0 unspecified atom stereocenters. The Hall–Kier alpha value is -1.50. The van der Waals surface area contributed by atoms with E-state index in [0.717, 1.165) is 0 Å². The Bertz CT molecular complexity index is 373. The van der Waals surface area contributed by atoms with E-state index in [1.807, 2.05) is 0 Å². The summed E-state index contributed by atoms with van der Waals surface area (Å²) in [5, 5.41) is 32.2. The van der Waals surface area contributed by atoms with E-state index in [2.05, 4.69) is 0 Å². The first kappa shape index (κ1) is 35.6. The second-order valence-electron chi connectivity index (χ2n) is 7.03. The molecule has 0 aromatic carbocycles. The van der Waals surface area contributed by atoms with Gasteiger partial charge in [0.2, 0.25) is 0 Å². The van der Waals surface area contributed by atoms with Crippen molar-refractivity contribution >= 4 is 23.9 Å². The molecule has 0 atom stereocenters. The number of hydrogen-bond acceptors (Lipinski definition) is 4. The maximum atomic E-state index is 10.0. The van der Waals surface area contributed by atoms with Gasteiger partial charge in [0.1, 0.15) is 0 Å². The predicted octanol–water partition coefficient (Wildman–Crippen LogP) is 3.41. The van der Waals surface area contributed by atoms with Crippen molar-refractivity contribution < 1.29 is 60.5 Å². The minimum atomic E-state index is -0.757. The molecule has 0 aliphatic rings. The van der Waals surface area contributed by atoms with E-state index in [1.165, 1.54) is 0 Å². The smallest absolute Gasteiger partial charge is 0.481 e. The summed E-state index contributed by atoms with van der Waals surface area (Å²) in [6.07, 6.45) is 0. The van der Waals surface area contributed by atoms with Gasteiger partial charge in [0, 0.05) is 19.5 Å². The summed E-state index contributed by atoms with van der Waals surface area (Å²) in [4.78, 5) is 39.1. The zero-order valence-electron chi connectivity index (χ0n) is 18.4. The molecule has 0 saturated carbocycles. The Balaban J connectivity index is -0.0000000532. The first-order valence-corrected chi connectivity index (χ1v) is 7.79. The maximum Gasteiger partial charge on any atom is 1.00 e. The van der Waals surface area contributed by atoms with Gasteiger partial charge in [-0.1, -0.05) is 41.5 Å². The number of rotatable bonds is 3. The SMILES string of the molecule is CC(C)(C)C(=O)O.CC(C)C(=O)O.CC(C)C(=O)O.CC(C)C(=O)O.[H+].[Zn]. The van der Waals surface area contributed by atoms with E-state index in [4.69, 9.17) is 20.4 Å². The van der Waals surface area contributed by atoms with Crippen molar-refractivity contribution in [2.45, 2.75) is 62.3 Å². The summed E-state index contributed by atoms with van der Waals surface area (Å²) in [5.74, 6) is -3.67. The number of carboxylic acid groups (broad SMARTS) is 4. The summed E-state index contributed by atoms with van der Waals surface area (Å²) >= 11 is 0. The van der Waals surface area contributed by atoms with Crippen LogP contribution in [-0.4, -0.2) is 44.3 Å². The van der Waals surface area contributed by atoms with Gasteiger partial charge in [-0.15, -0.1) is 0 Å². The van der Waals surface area contributed by atoms with Crippen molar-refractivity contribution in [2.24, 2.45) is 23.2 Å². The molecule has 4 N–H and O–H groups in total. The third-order valence-electron chi connectivity index (χ3n) is 2.12. The first-order valence-electron chi connectivity index (χ1n) is 7.79. The summed E-state index contributed by atoms with van der Waals surface area (Å²) < 4.78 is 0. The number of aliphatic carboxylic acids is 4. The molecular formula is C17H35O8Zn+. The van der Waals surface area contributed by atoms with Crippen LogP contribution in [0.2, 0.25) is 0 Å². The Morgan fingerprint density at radius 3 is 0.692 bits per heavy atom. The van der Waals surface area contributed by atoms with Crippen molar-refractivity contribution in [2.75, 3.05) is 0 Å². The van der Waals surface area contributed by atoms with Gasteiger partial charge in [-0.25, -0.2) is 0 Å². The first-order chi connectivity index (χ1) is 10.9. The van der Waals surface area contributed by atoms with Crippen LogP contribution in [0.15, 0.2) is 0 Å². The molecule has 0 heterocycles. The second-order valence-corrected chi connectivity index (χ2v) is 7.03. The molecule has 152 valence electrons. The van der Waals surface area contributed by atoms with Gasteiger partial charge < -0.3 is 20.4 Å². The predicted molar refractivity (Wildman–Crippen MR) is 95.6 cm³/mol. The molecule has 0 aromatic rings. The fourth-order valence-corrected chi connectivity index (χ4v) is 0. The van der Waals surface area contributed by atoms with E-state index >= 15 is 0 Å². The molecule has 9 heteroatoms. The average Bonchev–Trinajstić information content (AvgIpc) is 2.39. The molecule has 0 fully saturated rings. The molecule has 0 aliphatic carbocycles. The Morgan fingerprint density at radius 2 is 0.692 bits per heavy atom. The number of hydrogen-bond donors (Lipinski definition) is 4. The molecule has 8 nitrogen and oxygen atoms in total. The van der Waals surface area contributed by atoms with Crippen LogP contribution in [0.3, 0.4) is 0 Å². The van der Waals surface area contributed by atoms with Crippen molar-refractivity contribution in [3.63, 3.8) is 0 Å². The van der Waals surface area contributed by atoms with Crippen molar-refractivity contribution in [3.05, 3.63) is 0 Å². The fourth-order valence-electron chi connectivity index (χ4n) is 0. The molecule has 0 radical (unpaired) electrons. The van der Waals surface area contributed by atoms with Gasteiger partial charge in [0.15, 0.2) is 0 Å². The second kappa shape index (κ2) is 18.3. The van der Waals surface area contributed by atoms with Crippen LogP contribution >= 0.6 is 0 Å². The number of carboxylic acids is 4. The third-order valence-corrected chi connectivity index (χ3v) is 2.12. The van der Waals surface area contributed by atoms with Gasteiger partial charge in [-0.3, -0.25) is 19.2 Å². The molecule has 0 aromatic heterocycles. The van der Waals surface area contributed by atoms with E-state index in [1.54, 1.807) is 62.3 Å². The third kappa shape index (κ3) is 38.2. The molecule has 0 bridgehead atoms. The Kier molecular flexibility index (Phi) is 25.0. The minimum Gasteiger partial charge on any atom is -0.481 e. The summed E-state index contributed by atoms with van der Waals surface area (Å²) in [5.41, 5.74) is -0.583. The van der Waals surface area contributed by atoms with Gasteiger partial charge in [-0.2, -0.15) is 0 Å². The molecule has 26 heavy (non-hydrogen) atoms. The zero-order valence-corrected chi connectivity index (χ0v) is 20.3. The van der Waals surface area contributed by atoms with Gasteiger partial charge in [-0.05, 0) is 20.8 Å². The minimum absolute atomic E-state index is 0. The Morgan fingerprint density at radius 1 is 0.615 bits per heavy atom. The van der Waals surface area contributed by atoms with Gasteiger partial charge in [0.05, 0.1) is 23.2 Å². The molecule has 0 amide bonds. The summed E-state index contributed by atoms with van der Waals surface area (Å²) in [6, 6.07) is 0. The quantitative estimate of drug-likeness (QED) is 0.495. The van der Waals surface area contributed by atoms with Crippen LogP contribution < -0.4 is 0 Å². The van der Waals surface area contributed by atoms with Crippen LogP contribution in [0.1, 0.15) is 63.7 Å². The Labute approximate surface area is 170 Å². The van der Waals surface area contributed by atoms with E-state index < -0.39 is 29.3 Å². The van der Waals surface area contributed by atoms with Gasteiger partial charge >= 0.3 is 25.3 Å². The maximum absolute atomic E-state index is 10.0. The van der Waals surface area contributed by atoms with E-state index in [0.29, 0.717) is 0 Å². The molecule has 0 spiro atoms. The standard InChI is InChI=1S/C5H10O2.3C4H8O2.Zn/c1-5(2,3)4(6)7;3*1-3(2)4(5)6;/h1-3H3,(H,6,7);3*3H,1-2H3,(H,5,6);/p+1. The van der Waals surface area contributed by atoms with Crippen molar-refractivity contribution in [1.29, 1.82) is 0 Å².